The number of hydrogen-bond donors (Lipinski definition) is 1. The van der Waals surface area contributed by atoms with Gasteiger partial charge >= 0.3 is 0 Å². The highest BCUT2D eigenvalue weighted by Gasteiger charge is 2.19. The van der Waals surface area contributed by atoms with Crippen molar-refractivity contribution in [3.8, 4) is 5.75 Å². The predicted molar refractivity (Wildman–Crippen MR) is 115 cm³/mol. The molecule has 3 aromatic carbocycles. The lowest BCUT2D eigenvalue weighted by Gasteiger charge is -2.08. The van der Waals surface area contributed by atoms with E-state index in [1.165, 1.54) is 0 Å². The van der Waals surface area contributed by atoms with Gasteiger partial charge in [0.2, 0.25) is 0 Å². The number of hydrogen-bond acceptors (Lipinski definition) is 2. The molecule has 0 unspecified atom stereocenters. The number of nitrogens with zero attached hydrogens (tertiary/aromatic N) is 1. The molecule has 0 amide bonds. The Labute approximate surface area is 165 Å². The van der Waals surface area contributed by atoms with Crippen molar-refractivity contribution in [3.05, 3.63) is 77.5 Å². The van der Waals surface area contributed by atoms with Crippen molar-refractivity contribution >= 4 is 27.5 Å². The summed E-state index contributed by atoms with van der Waals surface area (Å²) in [5, 5.41) is 12.9. The van der Waals surface area contributed by atoms with Crippen LogP contribution in [0.2, 0.25) is 0 Å². The van der Waals surface area contributed by atoms with Gasteiger partial charge in [0, 0.05) is 34.8 Å². The number of aromatic hydroxyl groups is 1. The summed E-state index contributed by atoms with van der Waals surface area (Å²) in [5.41, 5.74) is 3.51. The van der Waals surface area contributed by atoms with Crippen LogP contribution < -0.4 is 0 Å². The fraction of sp³-hybridized carbons (Fsp3) is 0.240. The minimum absolute atomic E-state index is 0.000964. The highest BCUT2D eigenvalue weighted by atomic mass is 16.3. The summed E-state index contributed by atoms with van der Waals surface area (Å²) in [6.45, 7) is 5.12. The molecule has 142 valence electrons. The third kappa shape index (κ3) is 3.18. The second kappa shape index (κ2) is 7.51. The van der Waals surface area contributed by atoms with E-state index in [0.717, 1.165) is 53.0 Å². The lowest BCUT2D eigenvalue weighted by atomic mass is 9.94. The molecular weight excluding hydrogens is 346 g/mol. The first-order chi connectivity index (χ1) is 13.6. The van der Waals surface area contributed by atoms with Crippen LogP contribution in [0.3, 0.4) is 0 Å². The van der Waals surface area contributed by atoms with E-state index in [1.54, 1.807) is 12.1 Å². The number of rotatable bonds is 6. The first-order valence-corrected chi connectivity index (χ1v) is 9.95. The largest absolute Gasteiger partial charge is 0.508 e. The zero-order valence-corrected chi connectivity index (χ0v) is 16.4. The first-order valence-electron chi connectivity index (χ1n) is 9.95. The molecule has 1 heterocycles. The van der Waals surface area contributed by atoms with Crippen molar-refractivity contribution in [3.63, 3.8) is 0 Å². The quantitative estimate of drug-likeness (QED) is 0.322. The molecule has 0 fully saturated rings. The van der Waals surface area contributed by atoms with Gasteiger partial charge < -0.3 is 9.67 Å². The Morgan fingerprint density at radius 1 is 0.929 bits per heavy atom. The Balaban J connectivity index is 1.86. The van der Waals surface area contributed by atoms with Crippen molar-refractivity contribution in [2.75, 3.05) is 0 Å². The van der Waals surface area contributed by atoms with Crippen molar-refractivity contribution in [2.45, 2.75) is 39.7 Å². The average molecular weight is 371 g/mol. The van der Waals surface area contributed by atoms with Gasteiger partial charge in [-0.25, -0.2) is 0 Å². The minimum Gasteiger partial charge on any atom is -0.508 e. The van der Waals surface area contributed by atoms with E-state index in [2.05, 4.69) is 24.5 Å². The Morgan fingerprint density at radius 2 is 1.71 bits per heavy atom. The second-order valence-corrected chi connectivity index (χ2v) is 7.45. The van der Waals surface area contributed by atoms with Gasteiger partial charge in [-0.2, -0.15) is 0 Å². The molecule has 1 N–H and O–H groups in total. The maximum absolute atomic E-state index is 13.5. The molecule has 3 heteroatoms. The van der Waals surface area contributed by atoms with Gasteiger partial charge in [-0.1, -0.05) is 56.2 Å². The van der Waals surface area contributed by atoms with Crippen LogP contribution in [0.1, 0.15) is 47.7 Å². The number of aryl methyl sites for hydroxylation is 2. The molecule has 0 radical (unpaired) electrons. The normalized spacial score (nSPS) is 11.4. The van der Waals surface area contributed by atoms with Gasteiger partial charge in [0.05, 0.1) is 0 Å². The van der Waals surface area contributed by atoms with Gasteiger partial charge in [-0.05, 0) is 47.9 Å². The molecule has 4 rings (SSSR count). The van der Waals surface area contributed by atoms with Crippen molar-refractivity contribution in [2.24, 2.45) is 0 Å². The molecule has 0 atom stereocenters. The second-order valence-electron chi connectivity index (χ2n) is 7.45. The van der Waals surface area contributed by atoms with Gasteiger partial charge in [-0.15, -0.1) is 0 Å². The fourth-order valence-corrected chi connectivity index (χ4v) is 3.98. The molecule has 1 aromatic heterocycles. The molecule has 0 aliphatic carbocycles. The van der Waals surface area contributed by atoms with E-state index in [4.69, 9.17) is 0 Å². The van der Waals surface area contributed by atoms with Crippen LogP contribution in [0.5, 0.6) is 5.75 Å². The summed E-state index contributed by atoms with van der Waals surface area (Å²) in [6.07, 6.45) is 5.34. The smallest absolute Gasteiger partial charge is 0.195 e. The standard InChI is InChI=1S/C25H25NO2/c1-3-4-7-14-26-16-23(22-15-18(27)11-13-24(22)26)25(28)21-12-10-17(2)19-8-5-6-9-20(19)21/h5-6,8-13,15-16,27H,3-4,7,14H2,1-2H3. The number of benzene rings is 3. The average Bonchev–Trinajstić information content (AvgIpc) is 3.06. The SMILES string of the molecule is CCCCCn1cc(C(=O)c2ccc(C)c3ccccc23)c2cc(O)ccc21. The first kappa shape index (κ1) is 18.3. The molecule has 0 aliphatic rings. The molecule has 0 aliphatic heterocycles. The van der Waals surface area contributed by atoms with E-state index in [0.29, 0.717) is 11.1 Å². The summed E-state index contributed by atoms with van der Waals surface area (Å²) in [7, 11) is 0. The van der Waals surface area contributed by atoms with E-state index >= 15 is 0 Å². The molecule has 0 bridgehead atoms. The summed E-state index contributed by atoms with van der Waals surface area (Å²) in [5.74, 6) is 0.183. The summed E-state index contributed by atoms with van der Waals surface area (Å²) in [4.78, 5) is 13.5. The number of fused-ring (bicyclic) bond motifs is 2. The molecule has 0 saturated carbocycles. The van der Waals surface area contributed by atoms with Crippen molar-refractivity contribution in [1.29, 1.82) is 0 Å². The number of carbonyl (C=O) groups is 1. The topological polar surface area (TPSA) is 42.2 Å². The Kier molecular flexibility index (Phi) is 4.91. The third-order valence-electron chi connectivity index (χ3n) is 5.50. The molecule has 0 saturated heterocycles. The van der Waals surface area contributed by atoms with Crippen LogP contribution in [0.15, 0.2) is 60.8 Å². The summed E-state index contributed by atoms with van der Waals surface area (Å²) in [6, 6.07) is 17.3. The van der Waals surface area contributed by atoms with Gasteiger partial charge in [-0.3, -0.25) is 4.79 Å². The zero-order valence-electron chi connectivity index (χ0n) is 16.4. The number of phenolic OH excluding ortho intramolecular Hbond substituents is 1. The number of carbonyl (C=O) groups excluding carboxylic acids is 1. The van der Waals surface area contributed by atoms with Crippen LogP contribution in [0, 0.1) is 6.92 Å². The van der Waals surface area contributed by atoms with E-state index in [1.807, 2.05) is 42.6 Å². The Bertz CT molecular complexity index is 1170. The molecule has 3 nitrogen and oxygen atoms in total. The number of aromatic nitrogens is 1. The Morgan fingerprint density at radius 3 is 2.50 bits per heavy atom. The number of unbranched alkanes of at least 4 members (excludes halogenated alkanes) is 2. The van der Waals surface area contributed by atoms with Crippen LogP contribution in [0.25, 0.3) is 21.7 Å². The monoisotopic (exact) mass is 371 g/mol. The van der Waals surface area contributed by atoms with E-state index < -0.39 is 0 Å². The summed E-state index contributed by atoms with van der Waals surface area (Å²) >= 11 is 0. The maximum Gasteiger partial charge on any atom is 0.195 e. The third-order valence-corrected chi connectivity index (χ3v) is 5.50. The molecular formula is C25H25NO2. The van der Waals surface area contributed by atoms with Gasteiger partial charge in [0.1, 0.15) is 5.75 Å². The zero-order chi connectivity index (χ0) is 19.7. The molecule has 4 aromatic rings. The van der Waals surface area contributed by atoms with E-state index in [9.17, 15) is 9.90 Å². The highest BCUT2D eigenvalue weighted by Crippen LogP contribution is 2.30. The van der Waals surface area contributed by atoms with Gasteiger partial charge in [0.15, 0.2) is 5.78 Å². The lowest BCUT2D eigenvalue weighted by Crippen LogP contribution is -2.02. The van der Waals surface area contributed by atoms with Crippen LogP contribution >= 0.6 is 0 Å². The lowest BCUT2D eigenvalue weighted by molar-refractivity contribution is 0.104. The summed E-state index contributed by atoms with van der Waals surface area (Å²) < 4.78 is 2.15. The number of ketones is 1. The molecule has 28 heavy (non-hydrogen) atoms. The van der Waals surface area contributed by atoms with Crippen LogP contribution in [0.4, 0.5) is 0 Å². The molecule has 0 spiro atoms. The van der Waals surface area contributed by atoms with Crippen molar-refractivity contribution < 1.29 is 9.90 Å². The highest BCUT2D eigenvalue weighted by molar-refractivity contribution is 6.21. The Hall–Kier alpha value is -3.07. The van der Waals surface area contributed by atoms with Crippen LogP contribution in [-0.2, 0) is 6.54 Å². The predicted octanol–water partition coefficient (Wildman–Crippen LogP) is 6.23. The van der Waals surface area contributed by atoms with E-state index in [-0.39, 0.29) is 11.5 Å². The fourth-order valence-electron chi connectivity index (χ4n) is 3.98. The maximum atomic E-state index is 13.5. The van der Waals surface area contributed by atoms with Gasteiger partial charge in [0.25, 0.3) is 0 Å². The van der Waals surface area contributed by atoms with Crippen molar-refractivity contribution in [1.82, 2.24) is 4.57 Å². The minimum atomic E-state index is 0.000964. The number of phenols is 1. The van der Waals surface area contributed by atoms with Crippen LogP contribution in [-0.4, -0.2) is 15.5 Å².